The Kier molecular flexibility index (Phi) is 5.50. The van der Waals surface area contributed by atoms with Gasteiger partial charge in [-0.05, 0) is 37.0 Å². The maximum absolute atomic E-state index is 12.5. The molecule has 3 nitrogen and oxygen atoms in total. The summed E-state index contributed by atoms with van der Waals surface area (Å²) < 4.78 is 0. The molecule has 0 bridgehead atoms. The Labute approximate surface area is 125 Å². The Morgan fingerprint density at radius 2 is 2.16 bits per heavy atom. The number of nitrogens with zero attached hydrogens (tertiary/aromatic N) is 1. The predicted octanol–water partition coefficient (Wildman–Crippen LogP) is 3.60. The van der Waals surface area contributed by atoms with Crippen molar-refractivity contribution in [1.82, 2.24) is 4.90 Å². The summed E-state index contributed by atoms with van der Waals surface area (Å²) in [6.07, 6.45) is 2.15. The number of benzene rings is 1. The quantitative estimate of drug-likeness (QED) is 0.848. The molecule has 1 heterocycles. The summed E-state index contributed by atoms with van der Waals surface area (Å²) in [6.45, 7) is 5.13. The summed E-state index contributed by atoms with van der Waals surface area (Å²) in [4.78, 5) is 14.4. The predicted molar refractivity (Wildman–Crippen MR) is 82.0 cm³/mol. The first-order valence-electron chi connectivity index (χ1n) is 6.36. The van der Waals surface area contributed by atoms with Crippen LogP contribution >= 0.6 is 24.0 Å². The number of nitrogen functional groups attached to an aromatic ring is 1. The van der Waals surface area contributed by atoms with Crippen LogP contribution in [0.3, 0.4) is 0 Å². The standard InChI is InChI=1S/C14H19ClN2O.ClH/c1-9(2)13-4-3-7-17(13)14(18)11-6-5-10(16)8-12(11)15;/h5-6,8-9,13H,3-4,7,16H2,1-2H3;1H. The van der Waals surface area contributed by atoms with Crippen molar-refractivity contribution in [3.63, 3.8) is 0 Å². The maximum atomic E-state index is 12.5. The highest BCUT2D eigenvalue weighted by molar-refractivity contribution is 6.34. The van der Waals surface area contributed by atoms with Crippen LogP contribution in [0.15, 0.2) is 18.2 Å². The van der Waals surface area contributed by atoms with Crippen molar-refractivity contribution in [2.45, 2.75) is 32.7 Å². The van der Waals surface area contributed by atoms with E-state index in [9.17, 15) is 4.79 Å². The van der Waals surface area contributed by atoms with Crippen molar-refractivity contribution in [1.29, 1.82) is 0 Å². The monoisotopic (exact) mass is 302 g/mol. The van der Waals surface area contributed by atoms with E-state index in [0.29, 0.717) is 28.2 Å². The Balaban J connectivity index is 0.00000180. The van der Waals surface area contributed by atoms with Crippen LogP contribution in [0.4, 0.5) is 5.69 Å². The third kappa shape index (κ3) is 3.34. The lowest BCUT2D eigenvalue weighted by molar-refractivity contribution is 0.0702. The molecule has 1 aliphatic rings. The van der Waals surface area contributed by atoms with Crippen LogP contribution in [0.1, 0.15) is 37.0 Å². The molecule has 1 aliphatic heterocycles. The molecule has 0 aromatic heterocycles. The van der Waals surface area contributed by atoms with Crippen molar-refractivity contribution in [2.24, 2.45) is 5.92 Å². The van der Waals surface area contributed by atoms with Crippen molar-refractivity contribution in [3.8, 4) is 0 Å². The minimum absolute atomic E-state index is 0. The highest BCUT2D eigenvalue weighted by atomic mass is 35.5. The van der Waals surface area contributed by atoms with Gasteiger partial charge in [0.1, 0.15) is 0 Å². The van der Waals surface area contributed by atoms with Gasteiger partial charge in [-0.1, -0.05) is 25.4 Å². The van der Waals surface area contributed by atoms with E-state index in [-0.39, 0.29) is 18.3 Å². The van der Waals surface area contributed by atoms with Gasteiger partial charge in [-0.25, -0.2) is 0 Å². The second-order valence-corrected chi connectivity index (χ2v) is 5.60. The summed E-state index contributed by atoms with van der Waals surface area (Å²) in [7, 11) is 0. The van der Waals surface area contributed by atoms with Crippen molar-refractivity contribution in [3.05, 3.63) is 28.8 Å². The van der Waals surface area contributed by atoms with Gasteiger partial charge in [0.05, 0.1) is 10.6 Å². The molecule has 0 spiro atoms. The number of hydrogen-bond acceptors (Lipinski definition) is 2. The van der Waals surface area contributed by atoms with Crippen LogP contribution in [-0.2, 0) is 0 Å². The average Bonchev–Trinajstić information content (AvgIpc) is 2.77. The number of carbonyl (C=O) groups is 1. The van der Waals surface area contributed by atoms with E-state index >= 15 is 0 Å². The summed E-state index contributed by atoms with van der Waals surface area (Å²) >= 11 is 6.10. The maximum Gasteiger partial charge on any atom is 0.255 e. The van der Waals surface area contributed by atoms with Crippen LogP contribution in [-0.4, -0.2) is 23.4 Å². The molecular formula is C14H20Cl2N2O. The lowest BCUT2D eigenvalue weighted by atomic mass is 10.0. The molecule has 0 radical (unpaired) electrons. The largest absolute Gasteiger partial charge is 0.399 e. The van der Waals surface area contributed by atoms with E-state index in [4.69, 9.17) is 17.3 Å². The molecule has 1 aromatic carbocycles. The van der Waals surface area contributed by atoms with Crippen molar-refractivity contribution < 1.29 is 4.79 Å². The summed E-state index contributed by atoms with van der Waals surface area (Å²) in [6, 6.07) is 5.40. The number of anilines is 1. The smallest absolute Gasteiger partial charge is 0.255 e. The van der Waals surface area contributed by atoms with Gasteiger partial charge in [0, 0.05) is 18.3 Å². The first kappa shape index (κ1) is 16.1. The number of likely N-dealkylation sites (tertiary alicyclic amines) is 1. The third-order valence-electron chi connectivity index (χ3n) is 3.55. The molecule has 1 unspecified atom stereocenters. The molecule has 0 saturated carbocycles. The molecule has 5 heteroatoms. The van der Waals surface area contributed by atoms with Gasteiger partial charge in [-0.2, -0.15) is 0 Å². The lowest BCUT2D eigenvalue weighted by Gasteiger charge is -2.28. The van der Waals surface area contributed by atoms with Gasteiger partial charge < -0.3 is 10.6 Å². The normalized spacial score (nSPS) is 18.5. The van der Waals surface area contributed by atoms with Crippen LogP contribution < -0.4 is 5.73 Å². The van der Waals surface area contributed by atoms with Crippen LogP contribution in [0.5, 0.6) is 0 Å². The van der Waals surface area contributed by atoms with E-state index in [1.165, 1.54) is 0 Å². The summed E-state index contributed by atoms with van der Waals surface area (Å²) in [5.41, 5.74) is 6.78. The van der Waals surface area contributed by atoms with Crippen molar-refractivity contribution in [2.75, 3.05) is 12.3 Å². The Hall–Kier alpha value is -0.930. The Morgan fingerprint density at radius 3 is 2.74 bits per heavy atom. The molecule has 1 fully saturated rings. The molecular weight excluding hydrogens is 283 g/mol. The van der Waals surface area contributed by atoms with E-state index in [1.807, 2.05) is 4.90 Å². The molecule has 19 heavy (non-hydrogen) atoms. The number of hydrogen-bond donors (Lipinski definition) is 1. The van der Waals surface area contributed by atoms with Crippen LogP contribution in [0.25, 0.3) is 0 Å². The highest BCUT2D eigenvalue weighted by Crippen LogP contribution is 2.28. The fourth-order valence-electron chi connectivity index (χ4n) is 2.60. The fraction of sp³-hybridized carbons (Fsp3) is 0.500. The minimum Gasteiger partial charge on any atom is -0.399 e. The highest BCUT2D eigenvalue weighted by Gasteiger charge is 2.32. The zero-order chi connectivity index (χ0) is 13.3. The number of amides is 1. The van der Waals surface area contributed by atoms with Gasteiger partial charge in [0.15, 0.2) is 0 Å². The lowest BCUT2D eigenvalue weighted by Crippen LogP contribution is -2.38. The molecule has 0 aliphatic carbocycles. The van der Waals surface area contributed by atoms with E-state index in [2.05, 4.69) is 13.8 Å². The Bertz CT molecular complexity index is 463. The zero-order valence-electron chi connectivity index (χ0n) is 11.2. The van der Waals surface area contributed by atoms with E-state index in [0.717, 1.165) is 19.4 Å². The van der Waals surface area contributed by atoms with Gasteiger partial charge >= 0.3 is 0 Å². The Morgan fingerprint density at radius 1 is 1.47 bits per heavy atom. The van der Waals surface area contributed by atoms with Gasteiger partial charge in [-0.3, -0.25) is 4.79 Å². The van der Waals surface area contributed by atoms with Gasteiger partial charge in [0.2, 0.25) is 0 Å². The van der Waals surface area contributed by atoms with Crippen LogP contribution in [0.2, 0.25) is 5.02 Å². The molecule has 2 N–H and O–H groups in total. The first-order valence-corrected chi connectivity index (χ1v) is 6.74. The number of rotatable bonds is 2. The van der Waals surface area contributed by atoms with Gasteiger partial charge in [0.25, 0.3) is 5.91 Å². The summed E-state index contributed by atoms with van der Waals surface area (Å²) in [5, 5.41) is 0.439. The topological polar surface area (TPSA) is 46.3 Å². The summed E-state index contributed by atoms with van der Waals surface area (Å²) in [5.74, 6) is 0.500. The van der Waals surface area contributed by atoms with Crippen molar-refractivity contribution >= 4 is 35.6 Å². The third-order valence-corrected chi connectivity index (χ3v) is 3.87. The molecule has 1 saturated heterocycles. The van der Waals surface area contributed by atoms with Gasteiger partial charge in [-0.15, -0.1) is 12.4 Å². The number of carbonyl (C=O) groups excluding carboxylic acids is 1. The second-order valence-electron chi connectivity index (χ2n) is 5.19. The average molecular weight is 303 g/mol. The minimum atomic E-state index is 0. The van der Waals surface area contributed by atoms with E-state index in [1.54, 1.807) is 18.2 Å². The first-order chi connectivity index (χ1) is 8.50. The molecule has 2 rings (SSSR count). The second kappa shape index (κ2) is 6.49. The molecule has 1 amide bonds. The zero-order valence-corrected chi connectivity index (χ0v) is 12.8. The molecule has 106 valence electrons. The van der Waals surface area contributed by atoms with E-state index < -0.39 is 0 Å². The molecule has 1 atom stereocenters. The van der Waals surface area contributed by atoms with Crippen LogP contribution in [0, 0.1) is 5.92 Å². The number of nitrogens with two attached hydrogens (primary N) is 1. The molecule has 1 aromatic rings. The number of halogens is 2. The fourth-order valence-corrected chi connectivity index (χ4v) is 2.87. The SMILES string of the molecule is CC(C)C1CCCN1C(=O)c1ccc(N)cc1Cl.Cl.